The Morgan fingerprint density at radius 1 is 1.30 bits per heavy atom. The lowest BCUT2D eigenvalue weighted by atomic mass is 9.90. The van der Waals surface area contributed by atoms with Crippen molar-refractivity contribution in [2.45, 2.75) is 38.0 Å². The van der Waals surface area contributed by atoms with Gasteiger partial charge in [0.1, 0.15) is 5.60 Å². The van der Waals surface area contributed by atoms with Crippen molar-refractivity contribution in [3.05, 3.63) is 52.4 Å². The molecule has 0 saturated carbocycles. The third-order valence-corrected chi connectivity index (χ3v) is 4.27. The Kier molecular flexibility index (Phi) is 4.47. The summed E-state index contributed by atoms with van der Waals surface area (Å²) in [6.45, 7) is 5.35. The van der Waals surface area contributed by atoms with Gasteiger partial charge < -0.3 is 19.7 Å². The van der Waals surface area contributed by atoms with Crippen LogP contribution in [-0.2, 0) is 23.3 Å². The molecule has 3 rings (SSSR count). The topological polar surface area (TPSA) is 67.5 Å². The van der Waals surface area contributed by atoms with E-state index in [1.165, 1.54) is 0 Å². The van der Waals surface area contributed by atoms with Crippen molar-refractivity contribution < 1.29 is 14.4 Å². The number of benzene rings is 1. The molecule has 1 aromatic carbocycles. The maximum absolute atomic E-state index is 9.96. The van der Waals surface area contributed by atoms with Gasteiger partial charge in [0.25, 0.3) is 0 Å². The van der Waals surface area contributed by atoms with E-state index < -0.39 is 5.60 Å². The van der Waals surface area contributed by atoms with E-state index in [2.05, 4.69) is 10.5 Å². The summed E-state index contributed by atoms with van der Waals surface area (Å²) in [5.41, 5.74) is 0.811. The van der Waals surface area contributed by atoms with Crippen LogP contribution in [0.1, 0.15) is 30.9 Å². The number of nitrogens with zero attached hydrogens (tertiary/aromatic N) is 1. The molecule has 2 heterocycles. The molecule has 2 N–H and O–H groups in total. The highest BCUT2D eigenvalue weighted by atomic mass is 35.5. The van der Waals surface area contributed by atoms with Gasteiger partial charge in [0.2, 0.25) is 0 Å². The quantitative estimate of drug-likeness (QED) is 0.849. The third-order valence-electron chi connectivity index (χ3n) is 4.02. The summed E-state index contributed by atoms with van der Waals surface area (Å²) in [7, 11) is 0. The highest BCUT2D eigenvalue weighted by Gasteiger charge is 2.39. The predicted molar refractivity (Wildman–Crippen MR) is 87.3 cm³/mol. The largest absolute Gasteiger partial charge is 0.382 e. The summed E-state index contributed by atoms with van der Waals surface area (Å²) >= 11 is 5.91. The van der Waals surface area contributed by atoms with Gasteiger partial charge in [-0.25, -0.2) is 0 Å². The van der Waals surface area contributed by atoms with Crippen molar-refractivity contribution in [2.24, 2.45) is 0 Å². The molecule has 0 spiro atoms. The summed E-state index contributed by atoms with van der Waals surface area (Å²) < 4.78 is 10.6. The summed E-state index contributed by atoms with van der Waals surface area (Å²) in [5.74, 6) is 0.473. The van der Waals surface area contributed by atoms with Crippen molar-refractivity contribution in [3.8, 4) is 0 Å². The molecule has 0 amide bonds. The molecule has 23 heavy (non-hydrogen) atoms. The van der Waals surface area contributed by atoms with Crippen molar-refractivity contribution in [1.29, 1.82) is 0 Å². The fourth-order valence-corrected chi connectivity index (χ4v) is 2.66. The van der Waals surface area contributed by atoms with Gasteiger partial charge in [-0.1, -0.05) is 28.9 Å². The Balaban J connectivity index is 1.64. The molecular formula is C17H21ClN2O3. The summed E-state index contributed by atoms with van der Waals surface area (Å²) in [6.07, 6.45) is 0.695. The molecule has 5 nitrogen and oxygen atoms in total. The zero-order valence-electron chi connectivity index (χ0n) is 13.3. The van der Waals surface area contributed by atoms with Crippen molar-refractivity contribution in [1.82, 2.24) is 10.5 Å². The molecule has 0 radical (unpaired) electrons. The smallest absolute Gasteiger partial charge is 0.167 e. The van der Waals surface area contributed by atoms with E-state index in [4.69, 9.17) is 20.9 Å². The van der Waals surface area contributed by atoms with Gasteiger partial charge in [-0.3, -0.25) is 0 Å². The van der Waals surface area contributed by atoms with Crippen LogP contribution in [0, 0.1) is 0 Å². The highest BCUT2D eigenvalue weighted by molar-refractivity contribution is 6.30. The zero-order chi connectivity index (χ0) is 16.5. The fourth-order valence-electron chi connectivity index (χ4n) is 2.54. The van der Waals surface area contributed by atoms with E-state index in [0.29, 0.717) is 25.4 Å². The molecular weight excluding hydrogens is 316 g/mol. The Labute approximate surface area is 140 Å². The fraction of sp³-hybridized carbons (Fsp3) is 0.471. The lowest BCUT2D eigenvalue weighted by Crippen LogP contribution is -2.61. The monoisotopic (exact) mass is 336 g/mol. The van der Waals surface area contributed by atoms with Crippen LogP contribution >= 0.6 is 11.6 Å². The average Bonchev–Trinajstić information content (AvgIpc) is 2.92. The molecule has 0 bridgehead atoms. The minimum absolute atomic E-state index is 0.145. The molecule has 0 aliphatic carbocycles. The predicted octanol–water partition coefficient (Wildman–Crippen LogP) is 2.66. The van der Waals surface area contributed by atoms with Gasteiger partial charge in [-0.2, -0.15) is 0 Å². The molecule has 0 unspecified atom stereocenters. The Hall–Kier alpha value is -1.40. The van der Waals surface area contributed by atoms with Crippen LogP contribution in [0.2, 0.25) is 5.02 Å². The van der Waals surface area contributed by atoms with Gasteiger partial charge in [0.05, 0.1) is 24.4 Å². The Morgan fingerprint density at radius 2 is 2.00 bits per heavy atom. The lowest BCUT2D eigenvalue weighted by molar-refractivity contribution is -0.0755. The second-order valence-corrected chi connectivity index (χ2v) is 7.11. The number of aliphatic hydroxyl groups is 1. The molecule has 1 aliphatic heterocycles. The van der Waals surface area contributed by atoms with E-state index in [1.54, 1.807) is 13.8 Å². The van der Waals surface area contributed by atoms with Gasteiger partial charge >= 0.3 is 0 Å². The molecule has 1 saturated heterocycles. The molecule has 0 atom stereocenters. The molecule has 1 aliphatic rings. The number of halogens is 1. The van der Waals surface area contributed by atoms with Gasteiger partial charge in [0, 0.05) is 24.1 Å². The second-order valence-electron chi connectivity index (χ2n) is 6.67. The van der Waals surface area contributed by atoms with Crippen LogP contribution in [-0.4, -0.2) is 29.0 Å². The third kappa shape index (κ3) is 3.93. The first-order valence-electron chi connectivity index (χ1n) is 7.62. The maximum Gasteiger partial charge on any atom is 0.167 e. The van der Waals surface area contributed by atoms with E-state index in [1.807, 2.05) is 30.3 Å². The van der Waals surface area contributed by atoms with Crippen LogP contribution in [0.3, 0.4) is 0 Å². The van der Waals surface area contributed by atoms with E-state index in [-0.39, 0.29) is 5.54 Å². The van der Waals surface area contributed by atoms with E-state index in [0.717, 1.165) is 22.8 Å². The molecule has 1 aromatic heterocycles. The normalized spacial score (nSPS) is 17.0. The minimum Gasteiger partial charge on any atom is -0.382 e. The Morgan fingerprint density at radius 3 is 2.52 bits per heavy atom. The van der Waals surface area contributed by atoms with E-state index in [9.17, 15) is 5.11 Å². The van der Waals surface area contributed by atoms with Crippen molar-refractivity contribution in [2.75, 3.05) is 13.2 Å². The first-order chi connectivity index (χ1) is 10.9. The van der Waals surface area contributed by atoms with Crippen LogP contribution in [0.5, 0.6) is 0 Å². The van der Waals surface area contributed by atoms with Gasteiger partial charge in [-0.15, -0.1) is 0 Å². The van der Waals surface area contributed by atoms with Crippen LogP contribution in [0.4, 0.5) is 0 Å². The number of hydrogen-bond donors (Lipinski definition) is 2. The lowest BCUT2D eigenvalue weighted by Gasteiger charge is -2.42. The summed E-state index contributed by atoms with van der Waals surface area (Å²) in [5, 5.41) is 18.3. The number of hydrogen-bond acceptors (Lipinski definition) is 5. The minimum atomic E-state index is -1.02. The number of rotatable bonds is 6. The van der Waals surface area contributed by atoms with Crippen LogP contribution < -0.4 is 5.32 Å². The summed E-state index contributed by atoms with van der Waals surface area (Å²) in [6, 6.07) is 9.59. The van der Waals surface area contributed by atoms with Crippen LogP contribution in [0.25, 0.3) is 0 Å². The van der Waals surface area contributed by atoms with Crippen molar-refractivity contribution in [3.63, 3.8) is 0 Å². The number of ether oxygens (including phenoxy) is 1. The Bertz CT molecular complexity index is 657. The summed E-state index contributed by atoms with van der Waals surface area (Å²) in [4.78, 5) is 0. The van der Waals surface area contributed by atoms with Crippen molar-refractivity contribution >= 4 is 11.6 Å². The average molecular weight is 337 g/mol. The molecule has 1 fully saturated rings. The number of nitrogens with one attached hydrogen (secondary N) is 1. The van der Waals surface area contributed by atoms with E-state index >= 15 is 0 Å². The van der Waals surface area contributed by atoms with Gasteiger partial charge in [0.15, 0.2) is 5.76 Å². The second kappa shape index (κ2) is 6.24. The maximum atomic E-state index is 9.96. The van der Waals surface area contributed by atoms with Gasteiger partial charge in [-0.05, 0) is 31.5 Å². The molecule has 124 valence electrons. The molecule has 2 aromatic rings. The zero-order valence-corrected chi connectivity index (χ0v) is 14.1. The standard InChI is InChI=1S/C17H21ClN2O3/c1-16(2,21)15-7-14(20-23-15)8-17(10-22-11-17)19-9-12-3-5-13(18)6-4-12/h3-7,19,21H,8-11H2,1-2H3. The number of aromatic nitrogens is 1. The SMILES string of the molecule is CC(C)(O)c1cc(CC2(NCc3ccc(Cl)cc3)COC2)no1. The highest BCUT2D eigenvalue weighted by Crippen LogP contribution is 2.26. The first kappa shape index (κ1) is 16.5. The molecule has 6 heteroatoms. The van der Waals surface area contributed by atoms with Crippen LogP contribution in [0.15, 0.2) is 34.9 Å². The first-order valence-corrected chi connectivity index (χ1v) is 8.00.